The Balaban J connectivity index is 2.54. The van der Waals surface area contributed by atoms with Gasteiger partial charge in [0.05, 0.1) is 0 Å². The van der Waals surface area contributed by atoms with Gasteiger partial charge in [-0.05, 0) is 11.9 Å². The molecule has 0 unspecified atom stereocenters. The summed E-state index contributed by atoms with van der Waals surface area (Å²) in [4.78, 5) is 0. The van der Waals surface area contributed by atoms with Gasteiger partial charge in [-0.2, -0.15) is 5.10 Å². The molecule has 0 amide bonds. The van der Waals surface area contributed by atoms with Crippen molar-refractivity contribution in [1.82, 2.24) is 10.2 Å². The Kier molecular flexibility index (Phi) is 0.754. The Morgan fingerprint density at radius 3 is 3.62 bits per heavy atom. The topological polar surface area (TPSA) is 40.7 Å². The Morgan fingerprint density at radius 1 is 1.75 bits per heavy atom. The highest BCUT2D eigenvalue weighted by Crippen LogP contribution is 2.27. The number of aromatic nitrogens is 2. The van der Waals surface area contributed by atoms with Crippen LogP contribution in [0.4, 0.5) is 5.82 Å². The molecular formula is C4H5N3S. The van der Waals surface area contributed by atoms with Gasteiger partial charge in [0.25, 0.3) is 0 Å². The van der Waals surface area contributed by atoms with Crippen molar-refractivity contribution in [3.05, 3.63) is 11.8 Å². The van der Waals surface area contributed by atoms with Gasteiger partial charge in [-0.15, -0.1) is 0 Å². The second-order valence-corrected chi connectivity index (χ2v) is 2.43. The normalized spacial score (nSPS) is 15.5. The molecule has 0 atom stereocenters. The van der Waals surface area contributed by atoms with Gasteiger partial charge in [0.1, 0.15) is 0 Å². The van der Waals surface area contributed by atoms with Gasteiger partial charge in [-0.25, -0.2) is 0 Å². The molecule has 2 N–H and O–H groups in total. The number of aromatic amines is 1. The van der Waals surface area contributed by atoms with Crippen molar-refractivity contribution in [3.63, 3.8) is 0 Å². The number of nitrogens with zero attached hydrogens (tertiary/aromatic N) is 1. The highest BCUT2D eigenvalue weighted by Gasteiger charge is 2.11. The van der Waals surface area contributed by atoms with E-state index in [2.05, 4.69) is 14.9 Å². The van der Waals surface area contributed by atoms with Crippen LogP contribution in [0.25, 0.3) is 0 Å². The van der Waals surface area contributed by atoms with Crippen LogP contribution in [0.3, 0.4) is 0 Å². The lowest BCUT2D eigenvalue weighted by atomic mass is 10.4. The molecular weight excluding hydrogens is 122 g/mol. The summed E-state index contributed by atoms with van der Waals surface area (Å²) in [6, 6.07) is 0. The van der Waals surface area contributed by atoms with Crippen molar-refractivity contribution in [3.8, 4) is 0 Å². The zero-order valence-corrected chi connectivity index (χ0v) is 4.96. The molecule has 1 aliphatic rings. The number of rotatable bonds is 0. The van der Waals surface area contributed by atoms with Crippen molar-refractivity contribution in [1.29, 1.82) is 0 Å². The van der Waals surface area contributed by atoms with Crippen LogP contribution in [0.2, 0.25) is 0 Å². The lowest BCUT2D eigenvalue weighted by Gasteiger charge is -1.83. The SMILES string of the molecule is c1[nH]nc2c1CSN2. The van der Waals surface area contributed by atoms with E-state index < -0.39 is 0 Å². The van der Waals surface area contributed by atoms with E-state index in [1.165, 1.54) is 5.56 Å². The predicted molar refractivity (Wildman–Crippen MR) is 33.5 cm³/mol. The van der Waals surface area contributed by atoms with Gasteiger partial charge in [0.15, 0.2) is 5.82 Å². The highest BCUT2D eigenvalue weighted by atomic mass is 32.2. The molecule has 0 aliphatic carbocycles. The maximum atomic E-state index is 3.94. The van der Waals surface area contributed by atoms with Crippen LogP contribution in [-0.2, 0) is 5.75 Å². The van der Waals surface area contributed by atoms with E-state index in [4.69, 9.17) is 0 Å². The zero-order valence-electron chi connectivity index (χ0n) is 4.14. The minimum absolute atomic E-state index is 0.995. The first-order valence-electron chi connectivity index (χ1n) is 2.37. The van der Waals surface area contributed by atoms with E-state index in [-0.39, 0.29) is 0 Å². The first-order valence-corrected chi connectivity index (χ1v) is 3.36. The maximum absolute atomic E-state index is 3.94. The fraction of sp³-hybridized carbons (Fsp3) is 0.250. The van der Waals surface area contributed by atoms with Crippen molar-refractivity contribution < 1.29 is 0 Å². The fourth-order valence-electron chi connectivity index (χ4n) is 0.695. The van der Waals surface area contributed by atoms with Crippen molar-refractivity contribution in [2.75, 3.05) is 4.72 Å². The molecule has 0 bridgehead atoms. The molecule has 0 aromatic carbocycles. The third-order valence-electron chi connectivity index (χ3n) is 1.12. The lowest BCUT2D eigenvalue weighted by molar-refractivity contribution is 1.10. The Hall–Kier alpha value is -0.640. The average molecular weight is 127 g/mol. The predicted octanol–water partition coefficient (Wildman–Crippen LogP) is 0.983. The van der Waals surface area contributed by atoms with E-state index >= 15 is 0 Å². The van der Waals surface area contributed by atoms with Gasteiger partial charge in [-0.3, -0.25) is 5.10 Å². The quantitative estimate of drug-likeness (QED) is 0.510. The van der Waals surface area contributed by atoms with Crippen LogP contribution in [0, 0.1) is 0 Å². The smallest absolute Gasteiger partial charge is 0.161 e. The van der Waals surface area contributed by atoms with Gasteiger partial charge in [-0.1, -0.05) is 0 Å². The van der Waals surface area contributed by atoms with E-state index in [9.17, 15) is 0 Å². The second kappa shape index (κ2) is 1.42. The molecule has 0 spiro atoms. The Labute approximate surface area is 51.0 Å². The molecule has 0 radical (unpaired) electrons. The summed E-state index contributed by atoms with van der Waals surface area (Å²) in [6.45, 7) is 0. The molecule has 1 aromatic rings. The van der Waals surface area contributed by atoms with Crippen LogP contribution in [-0.4, -0.2) is 10.2 Å². The van der Waals surface area contributed by atoms with E-state index in [1.54, 1.807) is 11.9 Å². The van der Waals surface area contributed by atoms with Gasteiger partial charge in [0, 0.05) is 17.5 Å². The van der Waals surface area contributed by atoms with Crippen LogP contribution in [0.1, 0.15) is 5.56 Å². The summed E-state index contributed by atoms with van der Waals surface area (Å²) in [6.07, 6.45) is 1.92. The third kappa shape index (κ3) is 0.432. The average Bonchev–Trinajstić information content (AvgIpc) is 2.15. The largest absolute Gasteiger partial charge is 0.312 e. The first kappa shape index (κ1) is 4.26. The first-order chi connectivity index (χ1) is 3.97. The van der Waals surface area contributed by atoms with Crippen LogP contribution >= 0.6 is 11.9 Å². The minimum Gasteiger partial charge on any atom is -0.312 e. The monoisotopic (exact) mass is 127 g/mol. The number of anilines is 1. The van der Waals surface area contributed by atoms with Crippen LogP contribution in [0.5, 0.6) is 0 Å². The fourth-order valence-corrected chi connectivity index (χ4v) is 1.46. The van der Waals surface area contributed by atoms with E-state index in [0.717, 1.165) is 11.6 Å². The van der Waals surface area contributed by atoms with Crippen LogP contribution < -0.4 is 4.72 Å². The summed E-state index contributed by atoms with van der Waals surface area (Å²) >= 11 is 1.68. The summed E-state index contributed by atoms with van der Waals surface area (Å²) in [5.41, 5.74) is 1.27. The molecule has 0 saturated heterocycles. The minimum atomic E-state index is 0.995. The number of H-pyrrole nitrogens is 1. The number of nitrogens with one attached hydrogen (secondary N) is 2. The molecule has 2 rings (SSSR count). The Morgan fingerprint density at radius 2 is 2.75 bits per heavy atom. The molecule has 3 nitrogen and oxygen atoms in total. The summed E-state index contributed by atoms with van der Waals surface area (Å²) in [7, 11) is 0. The molecule has 4 heteroatoms. The van der Waals surface area contributed by atoms with Crippen molar-refractivity contribution in [2.45, 2.75) is 5.75 Å². The molecule has 0 saturated carbocycles. The maximum Gasteiger partial charge on any atom is 0.161 e. The number of hydrogen-bond acceptors (Lipinski definition) is 3. The molecule has 1 aliphatic heterocycles. The number of hydrogen-bond donors (Lipinski definition) is 2. The van der Waals surface area contributed by atoms with E-state index in [0.29, 0.717) is 0 Å². The molecule has 1 aromatic heterocycles. The van der Waals surface area contributed by atoms with E-state index in [1.807, 2.05) is 6.20 Å². The van der Waals surface area contributed by atoms with Crippen molar-refractivity contribution in [2.24, 2.45) is 0 Å². The lowest BCUT2D eigenvalue weighted by Crippen LogP contribution is -1.77. The third-order valence-corrected chi connectivity index (χ3v) is 1.91. The van der Waals surface area contributed by atoms with Crippen LogP contribution in [0.15, 0.2) is 6.20 Å². The summed E-state index contributed by atoms with van der Waals surface area (Å²) in [5.74, 6) is 2.03. The van der Waals surface area contributed by atoms with Gasteiger partial charge >= 0.3 is 0 Å². The zero-order chi connectivity index (χ0) is 5.40. The van der Waals surface area contributed by atoms with Gasteiger partial charge < -0.3 is 4.72 Å². The van der Waals surface area contributed by atoms with Crippen molar-refractivity contribution >= 4 is 17.8 Å². The van der Waals surface area contributed by atoms with Gasteiger partial charge in [0.2, 0.25) is 0 Å². The standard InChI is InChI=1S/C4H5N3S/c1-3-2-8-7-4(3)6-5-1/h1H,2H2,(H2,5,6,7). The molecule has 0 fully saturated rings. The molecule has 2 heterocycles. The Bertz CT molecular complexity index is 176. The summed E-state index contributed by atoms with van der Waals surface area (Å²) < 4.78 is 3.05. The highest BCUT2D eigenvalue weighted by molar-refractivity contribution is 8.00. The summed E-state index contributed by atoms with van der Waals surface area (Å²) in [5, 5.41) is 6.71. The number of fused-ring (bicyclic) bond motifs is 1. The second-order valence-electron chi connectivity index (χ2n) is 1.65. The molecule has 42 valence electrons. The molecule has 8 heavy (non-hydrogen) atoms.